The zero-order valence-corrected chi connectivity index (χ0v) is 21.2. The zero-order valence-electron chi connectivity index (χ0n) is 20.4. The maximum absolute atomic E-state index is 13.0. The first-order valence-electron chi connectivity index (χ1n) is 11.6. The lowest BCUT2D eigenvalue weighted by Gasteiger charge is -2.24. The van der Waals surface area contributed by atoms with E-state index in [-0.39, 0.29) is 4.90 Å². The lowest BCUT2D eigenvalue weighted by atomic mass is 10.0. The van der Waals surface area contributed by atoms with Gasteiger partial charge in [0, 0.05) is 35.8 Å². The lowest BCUT2D eigenvalue weighted by Crippen LogP contribution is -2.44. The van der Waals surface area contributed by atoms with E-state index in [0.717, 1.165) is 22.2 Å². The Morgan fingerprint density at radius 3 is 2.54 bits per heavy atom. The number of carbonyl (C=O) groups is 1. The molecule has 4 rings (SSSR count). The van der Waals surface area contributed by atoms with Crippen LogP contribution < -0.4 is 14.8 Å². The first-order valence-corrected chi connectivity index (χ1v) is 13.0. The molecule has 0 radical (unpaired) electrons. The molecule has 9 heteroatoms. The highest BCUT2D eigenvalue weighted by molar-refractivity contribution is 7.89. The van der Waals surface area contributed by atoms with Gasteiger partial charge in [0.1, 0.15) is 18.0 Å². The maximum atomic E-state index is 13.0. The molecule has 2 atom stereocenters. The highest BCUT2D eigenvalue weighted by Gasteiger charge is 2.38. The summed E-state index contributed by atoms with van der Waals surface area (Å²) in [7, 11) is -3.83. The Morgan fingerprint density at radius 1 is 1.11 bits per heavy atom. The molecule has 35 heavy (non-hydrogen) atoms. The van der Waals surface area contributed by atoms with E-state index in [1.54, 1.807) is 32.9 Å². The predicted octanol–water partition coefficient (Wildman–Crippen LogP) is 3.33. The third-order valence-corrected chi connectivity index (χ3v) is 7.19. The van der Waals surface area contributed by atoms with Gasteiger partial charge in [0.05, 0.1) is 16.3 Å². The standard InChI is InChI=1S/C26H31N3O5S/c1-17-13-18(21-7-5-6-8-23(21)28-17)16-33-19-9-11-20(12-10-19)35(31,32)29-24-15-27-14-22(24)25(30)34-26(2,3)4/h5-13,22,24,27,29H,14-16H2,1-4H3/t22-,24+/m0/s1. The number of para-hydroxylation sites is 1. The minimum absolute atomic E-state index is 0.102. The number of nitrogens with zero attached hydrogens (tertiary/aromatic N) is 1. The summed E-state index contributed by atoms with van der Waals surface area (Å²) >= 11 is 0. The molecule has 0 saturated carbocycles. The molecule has 0 amide bonds. The van der Waals surface area contributed by atoms with E-state index >= 15 is 0 Å². The monoisotopic (exact) mass is 497 g/mol. The number of hydrogen-bond donors (Lipinski definition) is 2. The van der Waals surface area contributed by atoms with Gasteiger partial charge in [-0.25, -0.2) is 13.1 Å². The number of benzene rings is 2. The summed E-state index contributed by atoms with van der Waals surface area (Å²) in [4.78, 5) is 17.2. The lowest BCUT2D eigenvalue weighted by molar-refractivity contribution is -0.159. The number of ether oxygens (including phenoxy) is 2. The van der Waals surface area contributed by atoms with E-state index in [9.17, 15) is 13.2 Å². The quantitative estimate of drug-likeness (QED) is 0.482. The van der Waals surface area contributed by atoms with Crippen molar-refractivity contribution < 1.29 is 22.7 Å². The number of rotatable bonds is 7. The fourth-order valence-electron chi connectivity index (χ4n) is 4.09. The van der Waals surface area contributed by atoms with E-state index in [1.807, 2.05) is 37.3 Å². The molecule has 1 aromatic heterocycles. The van der Waals surface area contributed by atoms with Crippen LogP contribution in [0.1, 0.15) is 32.0 Å². The van der Waals surface area contributed by atoms with Crippen LogP contribution in [0.4, 0.5) is 0 Å². The highest BCUT2D eigenvalue weighted by atomic mass is 32.2. The summed E-state index contributed by atoms with van der Waals surface area (Å²) in [5.41, 5.74) is 2.18. The molecular formula is C26H31N3O5S. The summed E-state index contributed by atoms with van der Waals surface area (Å²) in [5, 5.41) is 4.09. The molecule has 0 unspecified atom stereocenters. The van der Waals surface area contributed by atoms with E-state index < -0.39 is 33.6 Å². The van der Waals surface area contributed by atoms with Gasteiger partial charge in [0.15, 0.2) is 0 Å². The molecule has 2 heterocycles. The fourth-order valence-corrected chi connectivity index (χ4v) is 5.36. The highest BCUT2D eigenvalue weighted by Crippen LogP contribution is 2.23. The number of hydrogen-bond acceptors (Lipinski definition) is 7. The van der Waals surface area contributed by atoms with E-state index in [4.69, 9.17) is 9.47 Å². The summed E-state index contributed by atoms with van der Waals surface area (Å²) < 4.78 is 40.0. The molecule has 1 fully saturated rings. The smallest absolute Gasteiger partial charge is 0.312 e. The van der Waals surface area contributed by atoms with Crippen molar-refractivity contribution in [3.63, 3.8) is 0 Å². The third kappa shape index (κ3) is 6.17. The molecule has 0 bridgehead atoms. The van der Waals surface area contributed by atoms with Crippen molar-refractivity contribution in [3.05, 3.63) is 65.9 Å². The van der Waals surface area contributed by atoms with Crippen molar-refractivity contribution >= 4 is 26.9 Å². The molecule has 0 spiro atoms. The van der Waals surface area contributed by atoms with E-state index in [1.165, 1.54) is 12.1 Å². The van der Waals surface area contributed by atoms with Crippen LogP contribution in [-0.4, -0.2) is 44.1 Å². The van der Waals surface area contributed by atoms with Crippen LogP contribution in [0.15, 0.2) is 59.5 Å². The Hall–Kier alpha value is -3.01. The van der Waals surface area contributed by atoms with Gasteiger partial charge in [0.25, 0.3) is 0 Å². The van der Waals surface area contributed by atoms with Crippen molar-refractivity contribution in [1.29, 1.82) is 0 Å². The van der Waals surface area contributed by atoms with Gasteiger partial charge < -0.3 is 14.8 Å². The minimum Gasteiger partial charge on any atom is -0.489 e. The number of pyridine rings is 1. The van der Waals surface area contributed by atoms with E-state index in [2.05, 4.69) is 15.0 Å². The number of aryl methyl sites for hydroxylation is 1. The second kappa shape index (κ2) is 9.93. The molecule has 186 valence electrons. The zero-order chi connectivity index (χ0) is 25.2. The molecule has 1 saturated heterocycles. The van der Waals surface area contributed by atoms with Gasteiger partial charge in [-0.15, -0.1) is 0 Å². The molecule has 0 aliphatic carbocycles. The Balaban J connectivity index is 1.42. The largest absolute Gasteiger partial charge is 0.489 e. The van der Waals surface area contributed by atoms with Crippen LogP contribution in [0, 0.1) is 12.8 Å². The minimum atomic E-state index is -3.83. The molecule has 2 aromatic carbocycles. The third-order valence-electron chi connectivity index (χ3n) is 5.69. The van der Waals surface area contributed by atoms with Crippen molar-refractivity contribution in [2.45, 2.75) is 50.8 Å². The fraction of sp³-hybridized carbons (Fsp3) is 0.385. The van der Waals surface area contributed by atoms with Crippen LogP contribution in [0.2, 0.25) is 0 Å². The number of carbonyl (C=O) groups excluding carboxylic acids is 1. The van der Waals surface area contributed by atoms with Crippen molar-refractivity contribution in [2.75, 3.05) is 13.1 Å². The average Bonchev–Trinajstić information content (AvgIpc) is 3.24. The second-order valence-corrected chi connectivity index (χ2v) is 11.4. The van der Waals surface area contributed by atoms with Crippen LogP contribution in [0.3, 0.4) is 0 Å². The average molecular weight is 498 g/mol. The molecular weight excluding hydrogens is 466 g/mol. The number of sulfonamides is 1. The van der Waals surface area contributed by atoms with E-state index in [0.29, 0.717) is 25.4 Å². The molecule has 1 aliphatic heterocycles. The molecule has 2 N–H and O–H groups in total. The summed E-state index contributed by atoms with van der Waals surface area (Å²) in [5.74, 6) is -0.459. The van der Waals surface area contributed by atoms with Gasteiger partial charge >= 0.3 is 5.97 Å². The molecule has 1 aliphatic rings. The Labute approximate surface area is 206 Å². The van der Waals surface area contributed by atoms with Crippen molar-refractivity contribution in [1.82, 2.24) is 15.0 Å². The van der Waals surface area contributed by atoms with Gasteiger partial charge in [-0.3, -0.25) is 9.78 Å². The number of nitrogens with one attached hydrogen (secondary N) is 2. The Bertz CT molecular complexity index is 1320. The first-order chi connectivity index (χ1) is 16.5. The van der Waals surface area contributed by atoms with Crippen molar-refractivity contribution in [2.24, 2.45) is 5.92 Å². The Kier molecular flexibility index (Phi) is 7.12. The Morgan fingerprint density at radius 2 is 1.83 bits per heavy atom. The number of aromatic nitrogens is 1. The van der Waals surface area contributed by atoms with Crippen LogP contribution in [0.5, 0.6) is 5.75 Å². The van der Waals surface area contributed by atoms with Gasteiger partial charge in [-0.05, 0) is 64.1 Å². The van der Waals surface area contributed by atoms with Gasteiger partial charge in [-0.1, -0.05) is 18.2 Å². The number of fused-ring (bicyclic) bond motifs is 1. The van der Waals surface area contributed by atoms with Crippen LogP contribution >= 0.6 is 0 Å². The molecule has 3 aromatic rings. The maximum Gasteiger partial charge on any atom is 0.312 e. The van der Waals surface area contributed by atoms with Crippen LogP contribution in [-0.2, 0) is 26.2 Å². The topological polar surface area (TPSA) is 107 Å². The SMILES string of the molecule is Cc1cc(COc2ccc(S(=O)(=O)N[C@@H]3CNC[C@@H]3C(=O)OC(C)(C)C)cc2)c2ccccc2n1. The number of esters is 1. The van der Waals surface area contributed by atoms with Gasteiger partial charge in [-0.2, -0.15) is 0 Å². The summed E-state index contributed by atoms with van der Waals surface area (Å²) in [6.45, 7) is 8.34. The predicted molar refractivity (Wildman–Crippen MR) is 134 cm³/mol. The van der Waals surface area contributed by atoms with Gasteiger partial charge in [0.2, 0.25) is 10.0 Å². The molecule has 8 nitrogen and oxygen atoms in total. The first kappa shape index (κ1) is 25.1. The van der Waals surface area contributed by atoms with Crippen molar-refractivity contribution in [3.8, 4) is 5.75 Å². The normalized spacial score (nSPS) is 18.5. The summed E-state index contributed by atoms with van der Waals surface area (Å²) in [6.07, 6.45) is 0. The second-order valence-electron chi connectivity index (χ2n) is 9.73. The summed E-state index contributed by atoms with van der Waals surface area (Å²) in [6, 6.07) is 15.5. The van der Waals surface area contributed by atoms with Crippen LogP contribution in [0.25, 0.3) is 10.9 Å².